The molecule has 2 heterocycles. The van der Waals surface area contributed by atoms with Crippen molar-refractivity contribution in [2.24, 2.45) is 0 Å². The van der Waals surface area contributed by atoms with Crippen LogP contribution >= 0.6 is 0 Å². The fraction of sp³-hybridized carbons (Fsp3) is 0.375. The van der Waals surface area contributed by atoms with Gasteiger partial charge in [-0.25, -0.2) is 4.79 Å². The second kappa shape index (κ2) is 8.90. The molecule has 8 heteroatoms. The highest BCUT2D eigenvalue weighted by molar-refractivity contribution is 6.09. The molecule has 0 aliphatic carbocycles. The van der Waals surface area contributed by atoms with Gasteiger partial charge in [-0.3, -0.25) is 14.5 Å². The lowest BCUT2D eigenvalue weighted by Gasteiger charge is -2.34. The minimum absolute atomic E-state index is 0.0123. The van der Waals surface area contributed by atoms with Crippen molar-refractivity contribution in [3.8, 4) is 5.75 Å². The van der Waals surface area contributed by atoms with Crippen LogP contribution in [0, 0.1) is 0 Å². The second-order valence-electron chi connectivity index (χ2n) is 8.34. The molecule has 1 unspecified atom stereocenters. The third-order valence-corrected chi connectivity index (χ3v) is 6.23. The van der Waals surface area contributed by atoms with E-state index in [9.17, 15) is 14.4 Å². The lowest BCUT2D eigenvalue weighted by Crippen LogP contribution is -2.49. The van der Waals surface area contributed by atoms with Gasteiger partial charge in [-0.2, -0.15) is 0 Å². The number of benzene rings is 2. The highest BCUT2D eigenvalue weighted by atomic mass is 16.5. The number of anilines is 1. The maximum atomic E-state index is 13.0. The van der Waals surface area contributed by atoms with Crippen molar-refractivity contribution in [3.63, 3.8) is 0 Å². The number of urea groups is 1. The number of ether oxygens (including phenoxy) is 1. The van der Waals surface area contributed by atoms with E-state index in [1.165, 1.54) is 0 Å². The average Bonchev–Trinajstić information content (AvgIpc) is 3.04. The first-order valence-electron chi connectivity index (χ1n) is 10.8. The summed E-state index contributed by atoms with van der Waals surface area (Å²) in [6.45, 7) is 3.00. The van der Waals surface area contributed by atoms with Gasteiger partial charge in [-0.05, 0) is 49.6 Å². The number of hydrogen-bond acceptors (Lipinski definition) is 5. The van der Waals surface area contributed by atoms with Crippen molar-refractivity contribution in [1.29, 1.82) is 0 Å². The number of nitrogens with zero attached hydrogens (tertiary/aromatic N) is 2. The van der Waals surface area contributed by atoms with E-state index in [2.05, 4.69) is 15.5 Å². The first-order chi connectivity index (χ1) is 15.4. The first kappa shape index (κ1) is 21.7. The number of nitrogens with one attached hydrogen (secondary N) is 2. The van der Waals surface area contributed by atoms with Crippen molar-refractivity contribution in [3.05, 3.63) is 60.2 Å². The number of imide groups is 1. The number of amides is 4. The molecule has 2 aliphatic heterocycles. The van der Waals surface area contributed by atoms with Crippen molar-refractivity contribution in [1.82, 2.24) is 15.5 Å². The van der Waals surface area contributed by atoms with Gasteiger partial charge >= 0.3 is 6.03 Å². The summed E-state index contributed by atoms with van der Waals surface area (Å²) in [5.41, 5.74) is 0.643. The van der Waals surface area contributed by atoms with Gasteiger partial charge in [0.05, 0.1) is 7.11 Å². The van der Waals surface area contributed by atoms with Crippen LogP contribution in [0.2, 0.25) is 0 Å². The Labute approximate surface area is 187 Å². The van der Waals surface area contributed by atoms with Crippen LogP contribution in [0.15, 0.2) is 54.6 Å². The lowest BCUT2D eigenvalue weighted by atomic mass is 9.92. The minimum atomic E-state index is -1.16. The summed E-state index contributed by atoms with van der Waals surface area (Å²) >= 11 is 0. The molecule has 0 radical (unpaired) electrons. The summed E-state index contributed by atoms with van der Waals surface area (Å²) in [5.74, 6) is 0.0756. The van der Waals surface area contributed by atoms with Gasteiger partial charge in [0.2, 0.25) is 5.91 Å². The molecule has 32 heavy (non-hydrogen) atoms. The first-order valence-corrected chi connectivity index (χ1v) is 10.8. The van der Waals surface area contributed by atoms with E-state index >= 15 is 0 Å². The van der Waals surface area contributed by atoms with Crippen LogP contribution in [-0.2, 0) is 15.1 Å². The topological polar surface area (TPSA) is 91.0 Å². The molecule has 2 fully saturated rings. The van der Waals surface area contributed by atoms with Crippen LogP contribution < -0.4 is 20.3 Å². The Morgan fingerprint density at radius 2 is 1.75 bits per heavy atom. The van der Waals surface area contributed by atoms with E-state index in [1.807, 2.05) is 42.5 Å². The average molecular weight is 437 g/mol. The van der Waals surface area contributed by atoms with Gasteiger partial charge in [0.15, 0.2) is 0 Å². The summed E-state index contributed by atoms with van der Waals surface area (Å²) in [6.07, 6.45) is 1.58. The SMILES string of the molecule is COc1ccc(N2CCC(NC(=O)CN3C(=O)NC(C)(c4ccccc4)C3=O)CC2)cc1. The summed E-state index contributed by atoms with van der Waals surface area (Å²) < 4.78 is 5.20. The maximum Gasteiger partial charge on any atom is 0.325 e. The van der Waals surface area contributed by atoms with E-state index in [-0.39, 0.29) is 18.5 Å². The van der Waals surface area contributed by atoms with Gasteiger partial charge in [0.25, 0.3) is 5.91 Å². The van der Waals surface area contributed by atoms with Crippen molar-refractivity contribution in [2.75, 3.05) is 31.6 Å². The Hall–Kier alpha value is -3.55. The van der Waals surface area contributed by atoms with Gasteiger partial charge in [-0.1, -0.05) is 30.3 Å². The van der Waals surface area contributed by atoms with Gasteiger partial charge in [0, 0.05) is 24.8 Å². The summed E-state index contributed by atoms with van der Waals surface area (Å²) in [7, 11) is 1.64. The van der Waals surface area contributed by atoms with Crippen molar-refractivity contribution >= 4 is 23.5 Å². The summed E-state index contributed by atoms with van der Waals surface area (Å²) in [4.78, 5) is 41.3. The predicted octanol–water partition coefficient (Wildman–Crippen LogP) is 2.25. The summed E-state index contributed by atoms with van der Waals surface area (Å²) in [6, 6.07) is 16.4. The van der Waals surface area contributed by atoms with E-state index in [1.54, 1.807) is 26.2 Å². The molecule has 2 aromatic rings. The molecule has 0 aromatic heterocycles. The molecular weight excluding hydrogens is 408 g/mol. The molecule has 2 aliphatic rings. The Morgan fingerprint density at radius 1 is 1.09 bits per heavy atom. The standard InChI is InChI=1S/C24H28N4O4/c1-24(17-6-4-3-5-7-17)22(30)28(23(31)26-24)16-21(29)25-18-12-14-27(15-13-18)19-8-10-20(32-2)11-9-19/h3-11,18H,12-16H2,1-2H3,(H,25,29)(H,26,31). The predicted molar refractivity (Wildman–Crippen MR) is 120 cm³/mol. The molecule has 4 amide bonds. The molecule has 0 bridgehead atoms. The van der Waals surface area contributed by atoms with E-state index in [0.29, 0.717) is 5.56 Å². The van der Waals surface area contributed by atoms with E-state index < -0.39 is 17.5 Å². The second-order valence-corrected chi connectivity index (χ2v) is 8.34. The van der Waals surface area contributed by atoms with Crippen LogP contribution in [0.4, 0.5) is 10.5 Å². The Balaban J connectivity index is 1.30. The number of piperidine rings is 1. The number of hydrogen-bond donors (Lipinski definition) is 2. The third-order valence-electron chi connectivity index (χ3n) is 6.23. The highest BCUT2D eigenvalue weighted by Crippen LogP contribution is 2.28. The molecule has 8 nitrogen and oxygen atoms in total. The minimum Gasteiger partial charge on any atom is -0.497 e. The smallest absolute Gasteiger partial charge is 0.325 e. The Morgan fingerprint density at radius 3 is 2.38 bits per heavy atom. The van der Waals surface area contributed by atoms with Crippen LogP contribution in [0.1, 0.15) is 25.3 Å². The van der Waals surface area contributed by atoms with Crippen molar-refractivity contribution < 1.29 is 19.1 Å². The molecule has 2 N–H and O–H groups in total. The molecule has 2 aromatic carbocycles. The number of rotatable bonds is 6. The fourth-order valence-corrected chi connectivity index (χ4v) is 4.30. The van der Waals surface area contributed by atoms with Crippen LogP contribution in [0.3, 0.4) is 0 Å². The van der Waals surface area contributed by atoms with Crippen LogP contribution in [-0.4, -0.2) is 55.5 Å². The van der Waals surface area contributed by atoms with E-state index in [4.69, 9.17) is 4.74 Å². The normalized spacial score (nSPS) is 21.4. The van der Waals surface area contributed by atoms with Crippen LogP contribution in [0.5, 0.6) is 5.75 Å². The fourth-order valence-electron chi connectivity index (χ4n) is 4.30. The third kappa shape index (κ3) is 4.26. The largest absolute Gasteiger partial charge is 0.497 e. The molecule has 168 valence electrons. The zero-order chi connectivity index (χ0) is 22.7. The van der Waals surface area contributed by atoms with E-state index in [0.717, 1.165) is 42.3 Å². The Kier molecular flexibility index (Phi) is 6.03. The molecule has 0 spiro atoms. The lowest BCUT2D eigenvalue weighted by molar-refractivity contribution is -0.135. The zero-order valence-electron chi connectivity index (χ0n) is 18.3. The summed E-state index contributed by atoms with van der Waals surface area (Å²) in [5, 5.41) is 5.71. The molecular formula is C24H28N4O4. The zero-order valence-corrected chi connectivity index (χ0v) is 18.3. The maximum absolute atomic E-state index is 13.0. The molecule has 4 rings (SSSR count). The van der Waals surface area contributed by atoms with Crippen LogP contribution in [0.25, 0.3) is 0 Å². The number of methoxy groups -OCH3 is 1. The van der Waals surface area contributed by atoms with Gasteiger partial charge < -0.3 is 20.3 Å². The van der Waals surface area contributed by atoms with Crippen molar-refractivity contribution in [2.45, 2.75) is 31.3 Å². The Bertz CT molecular complexity index is 987. The van der Waals surface area contributed by atoms with Gasteiger partial charge in [-0.15, -0.1) is 0 Å². The quantitative estimate of drug-likeness (QED) is 0.678. The van der Waals surface area contributed by atoms with Gasteiger partial charge in [0.1, 0.15) is 17.8 Å². The monoisotopic (exact) mass is 436 g/mol. The number of carbonyl (C=O) groups excluding carboxylic acids is 3. The highest BCUT2D eigenvalue weighted by Gasteiger charge is 2.49. The number of carbonyl (C=O) groups is 3. The molecule has 0 saturated carbocycles. The molecule has 1 atom stereocenters. The molecule has 2 saturated heterocycles.